The molecule has 1 amide bonds. The van der Waals surface area contributed by atoms with Crippen LogP contribution in [-0.4, -0.2) is 56.4 Å². The van der Waals surface area contributed by atoms with Crippen LogP contribution < -0.4 is 5.32 Å². The standard InChI is InChI=1S/C18H19N5O3/c1-12-15(17(24)20-10-18(25)7-9-26-11-18)21-22-23(12)14-6-2-4-13-5-3-8-19-16(13)14/h2-6,8,25H,7,9-11H2,1H3,(H,20,24)/t18-/m1/s1. The van der Waals surface area contributed by atoms with E-state index < -0.39 is 5.60 Å². The molecule has 4 rings (SSSR count). The molecular weight excluding hydrogens is 334 g/mol. The van der Waals surface area contributed by atoms with E-state index in [9.17, 15) is 9.90 Å². The van der Waals surface area contributed by atoms with Crippen LogP contribution in [0.3, 0.4) is 0 Å². The van der Waals surface area contributed by atoms with Crippen molar-refractivity contribution in [2.45, 2.75) is 18.9 Å². The summed E-state index contributed by atoms with van der Waals surface area (Å²) in [5.41, 5.74) is 1.36. The Morgan fingerprint density at radius 2 is 2.23 bits per heavy atom. The van der Waals surface area contributed by atoms with E-state index in [-0.39, 0.29) is 24.8 Å². The summed E-state index contributed by atoms with van der Waals surface area (Å²) in [7, 11) is 0. The summed E-state index contributed by atoms with van der Waals surface area (Å²) >= 11 is 0. The number of benzene rings is 1. The van der Waals surface area contributed by atoms with Crippen molar-refractivity contribution < 1.29 is 14.6 Å². The number of aromatic nitrogens is 4. The SMILES string of the molecule is Cc1c(C(=O)NC[C@]2(O)CCOC2)nnn1-c1cccc2cccnc12. The summed E-state index contributed by atoms with van der Waals surface area (Å²) < 4.78 is 6.79. The Kier molecular flexibility index (Phi) is 4.14. The number of amides is 1. The van der Waals surface area contributed by atoms with E-state index in [2.05, 4.69) is 20.6 Å². The maximum atomic E-state index is 12.5. The summed E-state index contributed by atoms with van der Waals surface area (Å²) in [6.07, 6.45) is 2.22. The molecule has 1 aliphatic heterocycles. The lowest BCUT2D eigenvalue weighted by atomic mass is 10.0. The molecule has 0 bridgehead atoms. The zero-order valence-corrected chi connectivity index (χ0v) is 14.3. The van der Waals surface area contributed by atoms with Crippen LogP contribution in [0.5, 0.6) is 0 Å². The van der Waals surface area contributed by atoms with Gasteiger partial charge in [-0.05, 0) is 19.1 Å². The topological polar surface area (TPSA) is 102 Å². The highest BCUT2D eigenvalue weighted by Crippen LogP contribution is 2.21. The molecule has 1 atom stereocenters. The molecule has 8 nitrogen and oxygen atoms in total. The maximum Gasteiger partial charge on any atom is 0.273 e. The van der Waals surface area contributed by atoms with Gasteiger partial charge in [-0.15, -0.1) is 5.10 Å². The molecule has 0 spiro atoms. The highest BCUT2D eigenvalue weighted by Gasteiger charge is 2.33. The number of fused-ring (bicyclic) bond motifs is 1. The Hall–Kier alpha value is -2.84. The van der Waals surface area contributed by atoms with Crippen LogP contribution in [0.4, 0.5) is 0 Å². The third-order valence-electron chi connectivity index (χ3n) is 4.61. The number of aliphatic hydroxyl groups is 1. The smallest absolute Gasteiger partial charge is 0.273 e. The van der Waals surface area contributed by atoms with Crippen molar-refractivity contribution in [3.8, 4) is 5.69 Å². The minimum atomic E-state index is -1.01. The maximum absolute atomic E-state index is 12.5. The van der Waals surface area contributed by atoms with Gasteiger partial charge in [-0.2, -0.15) is 0 Å². The van der Waals surface area contributed by atoms with Crippen molar-refractivity contribution in [2.75, 3.05) is 19.8 Å². The van der Waals surface area contributed by atoms with E-state index in [1.54, 1.807) is 17.8 Å². The molecule has 0 saturated carbocycles. The molecule has 26 heavy (non-hydrogen) atoms. The van der Waals surface area contributed by atoms with Crippen LogP contribution in [0.25, 0.3) is 16.6 Å². The minimum Gasteiger partial charge on any atom is -0.386 e. The van der Waals surface area contributed by atoms with Crippen molar-refractivity contribution in [2.24, 2.45) is 0 Å². The molecule has 3 heterocycles. The predicted molar refractivity (Wildman–Crippen MR) is 94.1 cm³/mol. The fraction of sp³-hybridized carbons (Fsp3) is 0.333. The molecule has 2 N–H and O–H groups in total. The number of carbonyl (C=O) groups excluding carboxylic acids is 1. The monoisotopic (exact) mass is 353 g/mol. The van der Waals surface area contributed by atoms with Crippen LogP contribution in [0.2, 0.25) is 0 Å². The second kappa shape index (κ2) is 6.47. The van der Waals surface area contributed by atoms with Crippen molar-refractivity contribution >= 4 is 16.8 Å². The van der Waals surface area contributed by atoms with Gasteiger partial charge in [0.15, 0.2) is 5.69 Å². The van der Waals surface area contributed by atoms with E-state index in [0.29, 0.717) is 18.7 Å². The van der Waals surface area contributed by atoms with Gasteiger partial charge in [0.2, 0.25) is 0 Å². The normalized spacial score (nSPS) is 19.8. The van der Waals surface area contributed by atoms with Crippen LogP contribution >= 0.6 is 0 Å². The third-order valence-corrected chi connectivity index (χ3v) is 4.61. The van der Waals surface area contributed by atoms with Gasteiger partial charge < -0.3 is 15.2 Å². The first-order chi connectivity index (χ1) is 12.6. The molecule has 134 valence electrons. The Morgan fingerprint density at radius 3 is 3.04 bits per heavy atom. The molecule has 2 aromatic heterocycles. The van der Waals surface area contributed by atoms with E-state index in [4.69, 9.17) is 4.74 Å². The van der Waals surface area contributed by atoms with Crippen molar-refractivity contribution in [3.05, 3.63) is 47.9 Å². The number of carbonyl (C=O) groups is 1. The van der Waals surface area contributed by atoms with E-state index in [1.165, 1.54) is 0 Å². The second-order valence-corrected chi connectivity index (χ2v) is 6.50. The third kappa shape index (κ3) is 2.93. The van der Waals surface area contributed by atoms with Crippen LogP contribution in [0.15, 0.2) is 36.5 Å². The Labute approximate surface area is 149 Å². The number of hydrogen-bond acceptors (Lipinski definition) is 6. The number of para-hydroxylation sites is 1. The summed E-state index contributed by atoms with van der Waals surface area (Å²) in [6.45, 7) is 2.62. The molecule has 3 aromatic rings. The van der Waals surface area contributed by atoms with Crippen molar-refractivity contribution in [1.29, 1.82) is 0 Å². The summed E-state index contributed by atoms with van der Waals surface area (Å²) in [5.74, 6) is -0.373. The quantitative estimate of drug-likeness (QED) is 0.726. The van der Waals surface area contributed by atoms with E-state index >= 15 is 0 Å². The molecule has 0 radical (unpaired) electrons. The average molecular weight is 353 g/mol. The molecule has 1 aromatic carbocycles. The van der Waals surface area contributed by atoms with Crippen molar-refractivity contribution in [1.82, 2.24) is 25.3 Å². The number of rotatable bonds is 4. The largest absolute Gasteiger partial charge is 0.386 e. The number of ether oxygens (including phenoxy) is 1. The zero-order valence-electron chi connectivity index (χ0n) is 14.3. The minimum absolute atomic E-state index is 0.119. The first-order valence-electron chi connectivity index (χ1n) is 8.42. The number of pyridine rings is 1. The van der Waals surface area contributed by atoms with Crippen LogP contribution in [0.1, 0.15) is 22.6 Å². The van der Waals surface area contributed by atoms with Gasteiger partial charge in [0, 0.05) is 31.2 Å². The van der Waals surface area contributed by atoms with Crippen LogP contribution in [0, 0.1) is 6.92 Å². The van der Waals surface area contributed by atoms with Gasteiger partial charge in [0.05, 0.1) is 23.5 Å². The molecule has 1 fully saturated rings. The lowest BCUT2D eigenvalue weighted by Gasteiger charge is -2.20. The molecule has 1 saturated heterocycles. The Morgan fingerprint density at radius 1 is 1.38 bits per heavy atom. The first-order valence-corrected chi connectivity index (χ1v) is 8.42. The Bertz CT molecular complexity index is 957. The molecule has 0 aliphatic carbocycles. The zero-order chi connectivity index (χ0) is 18.1. The second-order valence-electron chi connectivity index (χ2n) is 6.50. The predicted octanol–water partition coefficient (Wildman–Crippen LogP) is 1.01. The van der Waals surface area contributed by atoms with Gasteiger partial charge in [-0.25, -0.2) is 4.68 Å². The number of hydrogen-bond donors (Lipinski definition) is 2. The van der Waals surface area contributed by atoms with Gasteiger partial charge in [0.1, 0.15) is 5.60 Å². The highest BCUT2D eigenvalue weighted by molar-refractivity contribution is 5.93. The van der Waals surface area contributed by atoms with Crippen LogP contribution in [-0.2, 0) is 4.74 Å². The first kappa shape index (κ1) is 16.6. The van der Waals surface area contributed by atoms with Gasteiger partial charge >= 0.3 is 0 Å². The Balaban J connectivity index is 1.61. The molecular formula is C18H19N5O3. The summed E-state index contributed by atoms with van der Waals surface area (Å²) in [5, 5.41) is 22.1. The number of nitrogens with zero attached hydrogens (tertiary/aromatic N) is 4. The average Bonchev–Trinajstić information content (AvgIpc) is 3.26. The fourth-order valence-electron chi connectivity index (χ4n) is 3.09. The summed E-state index contributed by atoms with van der Waals surface area (Å²) in [4.78, 5) is 16.9. The molecule has 1 aliphatic rings. The highest BCUT2D eigenvalue weighted by atomic mass is 16.5. The molecule has 8 heteroatoms. The fourth-order valence-corrected chi connectivity index (χ4v) is 3.09. The number of nitrogens with one attached hydrogen (secondary N) is 1. The lowest BCUT2D eigenvalue weighted by molar-refractivity contribution is 0.0264. The van der Waals surface area contributed by atoms with Gasteiger partial charge in [0.25, 0.3) is 5.91 Å². The van der Waals surface area contributed by atoms with E-state index in [0.717, 1.165) is 16.6 Å². The van der Waals surface area contributed by atoms with Gasteiger partial charge in [-0.3, -0.25) is 9.78 Å². The van der Waals surface area contributed by atoms with E-state index in [1.807, 2.05) is 30.3 Å². The van der Waals surface area contributed by atoms with Gasteiger partial charge in [-0.1, -0.05) is 23.4 Å². The molecule has 0 unspecified atom stereocenters. The van der Waals surface area contributed by atoms with Crippen molar-refractivity contribution in [3.63, 3.8) is 0 Å². The lowest BCUT2D eigenvalue weighted by Crippen LogP contribution is -2.43. The summed E-state index contributed by atoms with van der Waals surface area (Å²) in [6, 6.07) is 9.61.